The van der Waals surface area contributed by atoms with Crippen LogP contribution < -0.4 is 5.32 Å². The van der Waals surface area contributed by atoms with Gasteiger partial charge in [0, 0.05) is 42.4 Å². The van der Waals surface area contributed by atoms with Gasteiger partial charge in [0.05, 0.1) is 4.92 Å². The molecule has 162 valence electrons. The molecule has 1 aliphatic rings. The zero-order valence-corrected chi connectivity index (χ0v) is 17.4. The van der Waals surface area contributed by atoms with Gasteiger partial charge in [-0.1, -0.05) is 48.5 Å². The van der Waals surface area contributed by atoms with Crippen molar-refractivity contribution in [1.82, 2.24) is 4.90 Å². The first-order valence-electron chi connectivity index (χ1n) is 10.5. The Morgan fingerprint density at radius 3 is 2.19 bits per heavy atom. The van der Waals surface area contributed by atoms with E-state index in [9.17, 15) is 19.7 Å². The number of rotatable bonds is 5. The van der Waals surface area contributed by atoms with E-state index in [1.54, 1.807) is 11.0 Å². The molecular weight excluding hydrogens is 406 g/mol. The highest BCUT2D eigenvalue weighted by Gasteiger charge is 2.28. The third-order valence-electron chi connectivity index (χ3n) is 5.72. The predicted octanol–water partition coefficient (Wildman–Crippen LogP) is 4.75. The molecule has 0 saturated carbocycles. The Morgan fingerprint density at radius 2 is 1.53 bits per heavy atom. The molecule has 7 nitrogen and oxygen atoms in total. The fourth-order valence-electron chi connectivity index (χ4n) is 3.90. The molecule has 0 bridgehead atoms. The minimum Gasteiger partial charge on any atom is -0.339 e. The smallest absolute Gasteiger partial charge is 0.271 e. The summed E-state index contributed by atoms with van der Waals surface area (Å²) in [6.45, 7) is 0.985. The van der Waals surface area contributed by atoms with E-state index in [1.807, 2.05) is 54.6 Å². The molecule has 1 heterocycles. The zero-order valence-electron chi connectivity index (χ0n) is 17.4. The van der Waals surface area contributed by atoms with E-state index in [2.05, 4.69) is 5.32 Å². The van der Waals surface area contributed by atoms with Crippen molar-refractivity contribution in [3.05, 3.63) is 94.5 Å². The molecule has 4 rings (SSSR count). The summed E-state index contributed by atoms with van der Waals surface area (Å²) in [5, 5.41) is 13.7. The van der Waals surface area contributed by atoms with Gasteiger partial charge >= 0.3 is 0 Å². The lowest BCUT2D eigenvalue weighted by molar-refractivity contribution is -0.384. The van der Waals surface area contributed by atoms with Crippen LogP contribution in [0, 0.1) is 16.0 Å². The van der Waals surface area contributed by atoms with Crippen LogP contribution in [-0.2, 0) is 4.79 Å². The molecular formula is C25H23N3O4. The normalized spacial score (nSPS) is 14.1. The topological polar surface area (TPSA) is 92.5 Å². The molecule has 3 aromatic carbocycles. The Hall–Kier alpha value is -4.00. The fourth-order valence-corrected chi connectivity index (χ4v) is 3.90. The van der Waals surface area contributed by atoms with Gasteiger partial charge in [-0.05, 0) is 42.2 Å². The number of benzene rings is 3. The molecule has 3 aromatic rings. The Labute approximate surface area is 185 Å². The molecule has 0 aromatic heterocycles. The molecule has 32 heavy (non-hydrogen) atoms. The number of nitrogens with one attached hydrogen (secondary N) is 1. The Bertz CT molecular complexity index is 1120. The fraction of sp³-hybridized carbons (Fsp3) is 0.200. The summed E-state index contributed by atoms with van der Waals surface area (Å²) >= 11 is 0. The van der Waals surface area contributed by atoms with Crippen LogP contribution in [-0.4, -0.2) is 34.7 Å². The summed E-state index contributed by atoms with van der Waals surface area (Å²) in [6, 6.07) is 23.4. The number of non-ortho nitro benzene ring substituents is 1. The molecule has 1 aliphatic heterocycles. The van der Waals surface area contributed by atoms with Gasteiger partial charge in [0.25, 0.3) is 11.6 Å². The standard InChI is InChI=1S/C25H23N3O4/c29-24(26-22-7-4-8-23(17-22)28(31)32)20-13-15-27(16-14-20)25(30)21-11-9-19(10-12-21)18-5-2-1-3-6-18/h1-12,17,20H,13-16H2,(H,26,29). The van der Waals surface area contributed by atoms with Gasteiger partial charge in [-0.25, -0.2) is 0 Å². The number of likely N-dealkylation sites (tertiary alicyclic amines) is 1. The van der Waals surface area contributed by atoms with Gasteiger partial charge in [0.2, 0.25) is 5.91 Å². The molecule has 1 N–H and O–H groups in total. The SMILES string of the molecule is O=C(Nc1cccc([N+](=O)[O-])c1)C1CCN(C(=O)c2ccc(-c3ccccc3)cc2)CC1. The summed E-state index contributed by atoms with van der Waals surface area (Å²) in [7, 11) is 0. The molecule has 0 aliphatic carbocycles. The number of carbonyl (C=O) groups excluding carboxylic acids is 2. The minimum absolute atomic E-state index is 0.0397. The van der Waals surface area contributed by atoms with Gasteiger partial charge in [-0.2, -0.15) is 0 Å². The number of hydrogen-bond acceptors (Lipinski definition) is 4. The Balaban J connectivity index is 1.33. The van der Waals surface area contributed by atoms with Gasteiger partial charge < -0.3 is 10.2 Å². The highest BCUT2D eigenvalue weighted by atomic mass is 16.6. The van der Waals surface area contributed by atoms with Gasteiger partial charge in [0.1, 0.15) is 0 Å². The maximum atomic E-state index is 12.9. The third-order valence-corrected chi connectivity index (χ3v) is 5.72. The lowest BCUT2D eigenvalue weighted by Gasteiger charge is -2.31. The minimum atomic E-state index is -0.494. The summed E-state index contributed by atoms with van der Waals surface area (Å²) in [5.74, 6) is -0.453. The van der Waals surface area contributed by atoms with E-state index in [0.29, 0.717) is 37.2 Å². The average Bonchev–Trinajstić information content (AvgIpc) is 2.84. The second kappa shape index (κ2) is 9.43. The van der Waals surface area contributed by atoms with Crippen molar-refractivity contribution in [1.29, 1.82) is 0 Å². The van der Waals surface area contributed by atoms with Crippen molar-refractivity contribution in [2.24, 2.45) is 5.92 Å². The molecule has 0 unspecified atom stereocenters. The van der Waals surface area contributed by atoms with E-state index >= 15 is 0 Å². The summed E-state index contributed by atoms with van der Waals surface area (Å²) in [4.78, 5) is 37.6. The summed E-state index contributed by atoms with van der Waals surface area (Å²) < 4.78 is 0. The Morgan fingerprint density at radius 1 is 0.875 bits per heavy atom. The maximum absolute atomic E-state index is 12.9. The zero-order chi connectivity index (χ0) is 22.5. The molecule has 0 spiro atoms. The van der Waals surface area contributed by atoms with Crippen LogP contribution in [0.3, 0.4) is 0 Å². The molecule has 7 heteroatoms. The number of nitrogens with zero attached hydrogens (tertiary/aromatic N) is 2. The number of nitro benzene ring substituents is 1. The van der Waals surface area contributed by atoms with Gasteiger partial charge in [-0.15, -0.1) is 0 Å². The van der Waals surface area contributed by atoms with Crippen molar-refractivity contribution < 1.29 is 14.5 Å². The molecule has 1 saturated heterocycles. The van der Waals surface area contributed by atoms with Crippen molar-refractivity contribution >= 4 is 23.2 Å². The second-order valence-corrected chi connectivity index (χ2v) is 7.81. The van der Waals surface area contributed by atoms with Crippen LogP contribution in [0.25, 0.3) is 11.1 Å². The van der Waals surface area contributed by atoms with Crippen LogP contribution in [0.2, 0.25) is 0 Å². The monoisotopic (exact) mass is 429 g/mol. The number of anilines is 1. The number of piperidine rings is 1. The molecule has 0 radical (unpaired) electrons. The highest BCUT2D eigenvalue weighted by molar-refractivity contribution is 5.96. The van der Waals surface area contributed by atoms with Crippen LogP contribution >= 0.6 is 0 Å². The average molecular weight is 429 g/mol. The van der Waals surface area contributed by atoms with Gasteiger partial charge in [0.15, 0.2) is 0 Å². The van der Waals surface area contributed by atoms with Crippen molar-refractivity contribution in [3.8, 4) is 11.1 Å². The van der Waals surface area contributed by atoms with E-state index in [4.69, 9.17) is 0 Å². The number of carbonyl (C=O) groups is 2. The second-order valence-electron chi connectivity index (χ2n) is 7.81. The van der Waals surface area contributed by atoms with Crippen molar-refractivity contribution in [2.75, 3.05) is 18.4 Å². The van der Waals surface area contributed by atoms with E-state index in [1.165, 1.54) is 18.2 Å². The van der Waals surface area contributed by atoms with Crippen LogP contribution in [0.1, 0.15) is 23.2 Å². The molecule has 0 atom stereocenters. The number of hydrogen-bond donors (Lipinski definition) is 1. The van der Waals surface area contributed by atoms with Crippen molar-refractivity contribution in [2.45, 2.75) is 12.8 Å². The maximum Gasteiger partial charge on any atom is 0.271 e. The molecule has 1 fully saturated rings. The lowest BCUT2D eigenvalue weighted by atomic mass is 9.95. The Kier molecular flexibility index (Phi) is 6.26. The van der Waals surface area contributed by atoms with Crippen LogP contribution in [0.15, 0.2) is 78.9 Å². The lowest BCUT2D eigenvalue weighted by Crippen LogP contribution is -2.41. The highest BCUT2D eigenvalue weighted by Crippen LogP contribution is 2.24. The third kappa shape index (κ3) is 4.83. The first-order chi connectivity index (χ1) is 15.5. The quantitative estimate of drug-likeness (QED) is 0.468. The van der Waals surface area contributed by atoms with Crippen LogP contribution in [0.4, 0.5) is 11.4 Å². The first kappa shape index (κ1) is 21.2. The molecule has 2 amide bonds. The summed E-state index contributed by atoms with van der Waals surface area (Å²) in [6.07, 6.45) is 1.10. The van der Waals surface area contributed by atoms with Crippen molar-refractivity contribution in [3.63, 3.8) is 0 Å². The van der Waals surface area contributed by atoms with E-state index < -0.39 is 4.92 Å². The van der Waals surface area contributed by atoms with Crippen LogP contribution in [0.5, 0.6) is 0 Å². The largest absolute Gasteiger partial charge is 0.339 e. The predicted molar refractivity (Wildman–Crippen MR) is 122 cm³/mol. The summed E-state index contributed by atoms with van der Waals surface area (Å²) in [5.41, 5.74) is 3.12. The number of amides is 2. The number of nitro groups is 1. The van der Waals surface area contributed by atoms with E-state index in [-0.39, 0.29) is 23.4 Å². The van der Waals surface area contributed by atoms with Gasteiger partial charge in [-0.3, -0.25) is 19.7 Å². The van der Waals surface area contributed by atoms with E-state index in [0.717, 1.165) is 11.1 Å². The first-order valence-corrected chi connectivity index (χ1v) is 10.5.